The van der Waals surface area contributed by atoms with E-state index in [0.717, 1.165) is 0 Å². The van der Waals surface area contributed by atoms with Crippen molar-refractivity contribution >= 4 is 28.5 Å². The number of fused-ring (bicyclic) bond motifs is 1. The zero-order valence-electron chi connectivity index (χ0n) is 17.9. The maximum Gasteiger partial charge on any atom is 0.253 e. The minimum atomic E-state index is -0.638. The first-order valence-electron chi connectivity index (χ1n) is 10.1. The fraction of sp³-hybridized carbons (Fsp3) is 0.364. The molecule has 0 fully saturated rings. The Balaban J connectivity index is 2.19. The van der Waals surface area contributed by atoms with Gasteiger partial charge in [-0.1, -0.05) is 13.0 Å². The van der Waals surface area contributed by atoms with Crippen molar-refractivity contribution in [3.63, 3.8) is 0 Å². The van der Waals surface area contributed by atoms with Crippen molar-refractivity contribution < 1.29 is 19.4 Å². The molecule has 164 valence electrons. The van der Waals surface area contributed by atoms with Crippen LogP contribution in [0.5, 0.6) is 0 Å². The second-order valence-corrected chi connectivity index (χ2v) is 7.14. The van der Waals surface area contributed by atoms with E-state index in [1.165, 1.54) is 6.92 Å². The highest BCUT2D eigenvalue weighted by Gasteiger charge is 2.21. The molecule has 3 aromatic rings. The molecule has 0 bridgehead atoms. The molecule has 2 aromatic heterocycles. The lowest BCUT2D eigenvalue weighted by molar-refractivity contribution is -0.114. The number of carbonyl (C=O) groups excluding carboxylic acids is 2. The van der Waals surface area contributed by atoms with Gasteiger partial charge in [0.1, 0.15) is 5.69 Å². The van der Waals surface area contributed by atoms with E-state index in [9.17, 15) is 14.7 Å². The number of aliphatic hydroxyl groups excluding tert-OH is 1. The van der Waals surface area contributed by atoms with Crippen LogP contribution in [0.1, 0.15) is 30.6 Å². The second kappa shape index (κ2) is 10.1. The fourth-order valence-corrected chi connectivity index (χ4v) is 3.26. The molecule has 0 aliphatic heterocycles. The molecular weight excluding hydrogens is 398 g/mol. The molecule has 0 unspecified atom stereocenters. The maximum atomic E-state index is 13.1. The van der Waals surface area contributed by atoms with Crippen molar-refractivity contribution in [2.75, 3.05) is 25.6 Å². The minimum absolute atomic E-state index is 0.125. The Bertz CT molecular complexity index is 1060. The first-order valence-corrected chi connectivity index (χ1v) is 10.1. The number of hydrogen-bond acceptors (Lipinski definition) is 6. The molecule has 9 heteroatoms. The molecule has 0 aliphatic rings. The van der Waals surface area contributed by atoms with Gasteiger partial charge in [-0.2, -0.15) is 0 Å². The van der Waals surface area contributed by atoms with Crippen LogP contribution >= 0.6 is 0 Å². The molecule has 0 aliphatic carbocycles. The Morgan fingerprint density at radius 2 is 2.10 bits per heavy atom. The molecule has 31 heavy (non-hydrogen) atoms. The lowest BCUT2D eigenvalue weighted by Crippen LogP contribution is -2.32. The fourth-order valence-electron chi connectivity index (χ4n) is 3.26. The van der Waals surface area contributed by atoms with Crippen LogP contribution in [0, 0.1) is 0 Å². The van der Waals surface area contributed by atoms with Gasteiger partial charge in [-0.15, -0.1) is 0 Å². The number of aliphatic hydroxyl groups is 1. The highest BCUT2D eigenvalue weighted by Crippen LogP contribution is 2.29. The molecule has 9 nitrogen and oxygen atoms in total. The predicted octanol–water partition coefficient (Wildman–Crippen LogP) is 2.20. The summed E-state index contributed by atoms with van der Waals surface area (Å²) in [6, 6.07) is 8.87. The summed E-state index contributed by atoms with van der Waals surface area (Å²) < 4.78 is 7.16. The number of methoxy groups -OCH3 is 1. The molecule has 0 spiro atoms. The molecule has 1 atom stereocenters. The van der Waals surface area contributed by atoms with Gasteiger partial charge >= 0.3 is 0 Å². The van der Waals surface area contributed by atoms with Crippen molar-refractivity contribution in [1.29, 1.82) is 0 Å². The Kier molecular flexibility index (Phi) is 7.32. The Morgan fingerprint density at radius 3 is 2.74 bits per heavy atom. The van der Waals surface area contributed by atoms with Crippen molar-refractivity contribution in [1.82, 2.24) is 19.9 Å². The number of aromatic nitrogens is 3. The SMILES string of the molecule is CC[C@@H](O)CNC(=O)c1cc(NC(C)=O)cc2nc(-c3ccccn3)n(CCOC)c12. The normalized spacial score (nSPS) is 12.0. The van der Waals surface area contributed by atoms with Gasteiger partial charge in [-0.3, -0.25) is 14.6 Å². The molecule has 1 aromatic carbocycles. The van der Waals surface area contributed by atoms with E-state index in [0.29, 0.717) is 53.4 Å². The Labute approximate surface area is 180 Å². The van der Waals surface area contributed by atoms with E-state index in [4.69, 9.17) is 9.72 Å². The van der Waals surface area contributed by atoms with E-state index < -0.39 is 6.10 Å². The third kappa shape index (κ3) is 5.25. The van der Waals surface area contributed by atoms with Gasteiger partial charge in [-0.05, 0) is 30.7 Å². The summed E-state index contributed by atoms with van der Waals surface area (Å²) in [5.74, 6) is -0.0259. The molecule has 0 saturated carbocycles. The third-order valence-electron chi connectivity index (χ3n) is 4.79. The number of amides is 2. The van der Waals surface area contributed by atoms with Crippen molar-refractivity contribution in [3.8, 4) is 11.5 Å². The molecule has 3 N–H and O–H groups in total. The minimum Gasteiger partial charge on any atom is -0.391 e. The van der Waals surface area contributed by atoms with Gasteiger partial charge in [0.05, 0.1) is 29.3 Å². The van der Waals surface area contributed by atoms with Crippen LogP contribution in [0.25, 0.3) is 22.6 Å². The summed E-state index contributed by atoms with van der Waals surface area (Å²) in [6.07, 6.45) is 1.56. The monoisotopic (exact) mass is 425 g/mol. The summed E-state index contributed by atoms with van der Waals surface area (Å²) >= 11 is 0. The van der Waals surface area contributed by atoms with Gasteiger partial charge in [0, 0.05) is 39.0 Å². The van der Waals surface area contributed by atoms with Crippen LogP contribution in [0.2, 0.25) is 0 Å². The largest absolute Gasteiger partial charge is 0.391 e. The van der Waals surface area contributed by atoms with Crippen LogP contribution in [-0.2, 0) is 16.1 Å². The summed E-state index contributed by atoms with van der Waals surface area (Å²) in [6.45, 7) is 4.23. The van der Waals surface area contributed by atoms with Crippen LogP contribution < -0.4 is 10.6 Å². The highest BCUT2D eigenvalue weighted by molar-refractivity contribution is 6.08. The number of anilines is 1. The van der Waals surface area contributed by atoms with Crippen LogP contribution in [-0.4, -0.2) is 57.8 Å². The predicted molar refractivity (Wildman–Crippen MR) is 118 cm³/mol. The molecule has 2 heterocycles. The first kappa shape index (κ1) is 22.4. The van der Waals surface area contributed by atoms with Gasteiger partial charge in [0.25, 0.3) is 5.91 Å². The molecule has 0 radical (unpaired) electrons. The summed E-state index contributed by atoms with van der Waals surface area (Å²) in [5, 5.41) is 15.3. The van der Waals surface area contributed by atoms with Crippen molar-refractivity contribution in [3.05, 3.63) is 42.1 Å². The lowest BCUT2D eigenvalue weighted by Gasteiger charge is -2.14. The van der Waals surface area contributed by atoms with Gasteiger partial charge in [0.15, 0.2) is 5.82 Å². The number of carbonyl (C=O) groups is 2. The zero-order valence-corrected chi connectivity index (χ0v) is 17.9. The molecule has 0 saturated heterocycles. The number of nitrogens with zero attached hydrogens (tertiary/aromatic N) is 3. The lowest BCUT2D eigenvalue weighted by atomic mass is 10.1. The van der Waals surface area contributed by atoms with Gasteiger partial charge in [0.2, 0.25) is 5.91 Å². The standard InChI is InChI=1S/C22H27N5O4/c1-4-16(29)13-24-22(30)17-11-15(25-14(2)28)12-19-20(17)27(9-10-31-3)21(26-19)18-7-5-6-8-23-18/h5-8,11-12,16,29H,4,9-10,13H2,1-3H3,(H,24,30)(H,25,28)/t16-/m1/s1. The van der Waals surface area contributed by atoms with Crippen LogP contribution in [0.3, 0.4) is 0 Å². The number of rotatable bonds is 9. The quantitative estimate of drug-likeness (QED) is 0.484. The third-order valence-corrected chi connectivity index (χ3v) is 4.79. The van der Waals surface area contributed by atoms with E-state index >= 15 is 0 Å². The summed E-state index contributed by atoms with van der Waals surface area (Å²) in [4.78, 5) is 33.8. The number of benzene rings is 1. The van der Waals surface area contributed by atoms with Gasteiger partial charge in [-0.25, -0.2) is 4.98 Å². The Hall–Kier alpha value is -3.30. The average molecular weight is 425 g/mol. The summed E-state index contributed by atoms with van der Waals surface area (Å²) in [7, 11) is 1.61. The maximum absolute atomic E-state index is 13.1. The molecule has 3 rings (SSSR count). The number of pyridine rings is 1. The number of hydrogen-bond donors (Lipinski definition) is 3. The summed E-state index contributed by atoms with van der Waals surface area (Å²) in [5.41, 5.74) is 2.61. The number of ether oxygens (including phenoxy) is 1. The number of imidazole rings is 1. The van der Waals surface area contributed by atoms with E-state index in [1.54, 1.807) is 25.4 Å². The van der Waals surface area contributed by atoms with Crippen molar-refractivity contribution in [2.45, 2.75) is 32.9 Å². The van der Waals surface area contributed by atoms with E-state index in [-0.39, 0.29) is 18.4 Å². The second-order valence-electron chi connectivity index (χ2n) is 7.14. The van der Waals surface area contributed by atoms with E-state index in [2.05, 4.69) is 15.6 Å². The first-order chi connectivity index (χ1) is 14.9. The Morgan fingerprint density at radius 1 is 1.29 bits per heavy atom. The van der Waals surface area contributed by atoms with Gasteiger partial charge < -0.3 is 25.0 Å². The smallest absolute Gasteiger partial charge is 0.253 e. The van der Waals surface area contributed by atoms with E-state index in [1.807, 2.05) is 29.7 Å². The number of nitrogens with one attached hydrogen (secondary N) is 2. The topological polar surface area (TPSA) is 118 Å². The zero-order chi connectivity index (χ0) is 22.4. The average Bonchev–Trinajstić information content (AvgIpc) is 3.13. The van der Waals surface area contributed by atoms with Crippen molar-refractivity contribution in [2.24, 2.45) is 0 Å². The highest BCUT2D eigenvalue weighted by atomic mass is 16.5. The van der Waals surface area contributed by atoms with Crippen LogP contribution in [0.15, 0.2) is 36.5 Å². The molecular formula is C22H27N5O4. The van der Waals surface area contributed by atoms with Crippen LogP contribution in [0.4, 0.5) is 5.69 Å². The molecule has 2 amide bonds.